The van der Waals surface area contributed by atoms with Gasteiger partial charge in [0.15, 0.2) is 11.6 Å². The molecule has 0 aliphatic carbocycles. The van der Waals surface area contributed by atoms with Crippen molar-refractivity contribution in [2.45, 2.75) is 12.5 Å². The molecule has 2 nitrogen and oxygen atoms in total. The van der Waals surface area contributed by atoms with Crippen molar-refractivity contribution in [2.75, 3.05) is 6.61 Å². The molecular formula is C15H11BrF2O2. The smallest absolute Gasteiger partial charge is 0.173 e. The van der Waals surface area contributed by atoms with Crippen LogP contribution >= 0.6 is 15.9 Å². The molecule has 2 aromatic carbocycles. The average Bonchev–Trinajstić information content (AvgIpc) is 2.91. The van der Waals surface area contributed by atoms with E-state index in [0.29, 0.717) is 17.7 Å². The molecule has 0 saturated carbocycles. The Hall–Kier alpha value is -1.46. The number of ether oxygens (including phenoxy) is 1. The molecule has 1 atom stereocenters. The zero-order chi connectivity index (χ0) is 14.3. The van der Waals surface area contributed by atoms with E-state index in [1.165, 1.54) is 6.07 Å². The SMILES string of the molecule is OC(c1ccc2c(c1)CCO2)c1ccc(F)c(F)c1Br. The summed E-state index contributed by atoms with van der Waals surface area (Å²) in [6, 6.07) is 7.73. The normalized spacial score (nSPS) is 14.8. The molecule has 0 bridgehead atoms. The predicted molar refractivity (Wildman–Crippen MR) is 73.8 cm³/mol. The molecule has 3 rings (SSSR count). The molecular weight excluding hydrogens is 330 g/mol. The minimum Gasteiger partial charge on any atom is -0.493 e. The van der Waals surface area contributed by atoms with Gasteiger partial charge in [-0.1, -0.05) is 12.1 Å². The van der Waals surface area contributed by atoms with Gasteiger partial charge in [-0.05, 0) is 45.3 Å². The van der Waals surface area contributed by atoms with Crippen molar-refractivity contribution in [1.82, 2.24) is 0 Å². The Morgan fingerprint density at radius 2 is 2.00 bits per heavy atom. The number of hydrogen-bond donors (Lipinski definition) is 1. The molecule has 0 aromatic heterocycles. The number of aliphatic hydroxyl groups excluding tert-OH is 1. The number of benzene rings is 2. The highest BCUT2D eigenvalue weighted by Crippen LogP contribution is 2.34. The van der Waals surface area contributed by atoms with E-state index in [4.69, 9.17) is 4.74 Å². The van der Waals surface area contributed by atoms with Crippen molar-refractivity contribution in [1.29, 1.82) is 0 Å². The Morgan fingerprint density at radius 1 is 1.20 bits per heavy atom. The molecule has 1 unspecified atom stereocenters. The maximum Gasteiger partial charge on any atom is 0.173 e. The van der Waals surface area contributed by atoms with E-state index in [0.717, 1.165) is 23.8 Å². The molecule has 5 heteroatoms. The van der Waals surface area contributed by atoms with Crippen LogP contribution in [0.4, 0.5) is 8.78 Å². The van der Waals surface area contributed by atoms with Crippen LogP contribution in [0.5, 0.6) is 5.75 Å². The number of aliphatic hydroxyl groups is 1. The van der Waals surface area contributed by atoms with E-state index >= 15 is 0 Å². The molecule has 1 N–H and O–H groups in total. The highest BCUT2D eigenvalue weighted by atomic mass is 79.9. The van der Waals surface area contributed by atoms with Gasteiger partial charge in [-0.15, -0.1) is 0 Å². The maximum atomic E-state index is 13.5. The predicted octanol–water partition coefficient (Wildman–Crippen LogP) is 3.74. The maximum absolute atomic E-state index is 13.5. The van der Waals surface area contributed by atoms with Crippen LogP contribution in [0.1, 0.15) is 22.8 Å². The molecule has 20 heavy (non-hydrogen) atoms. The third-order valence-electron chi connectivity index (χ3n) is 3.39. The zero-order valence-electron chi connectivity index (χ0n) is 10.4. The second kappa shape index (κ2) is 5.14. The Balaban J connectivity index is 2.00. The van der Waals surface area contributed by atoms with Crippen molar-refractivity contribution in [3.63, 3.8) is 0 Å². The van der Waals surface area contributed by atoms with Crippen LogP contribution in [0, 0.1) is 11.6 Å². The fourth-order valence-electron chi connectivity index (χ4n) is 2.31. The van der Waals surface area contributed by atoms with Gasteiger partial charge < -0.3 is 9.84 Å². The average molecular weight is 341 g/mol. The zero-order valence-corrected chi connectivity index (χ0v) is 12.0. The first-order chi connectivity index (χ1) is 9.58. The molecule has 2 aromatic rings. The van der Waals surface area contributed by atoms with E-state index in [1.807, 2.05) is 6.07 Å². The first-order valence-corrected chi connectivity index (χ1v) is 6.94. The fraction of sp³-hybridized carbons (Fsp3) is 0.200. The van der Waals surface area contributed by atoms with E-state index in [1.54, 1.807) is 12.1 Å². The van der Waals surface area contributed by atoms with Crippen molar-refractivity contribution in [2.24, 2.45) is 0 Å². The summed E-state index contributed by atoms with van der Waals surface area (Å²) < 4.78 is 32.0. The van der Waals surface area contributed by atoms with Crippen molar-refractivity contribution in [3.8, 4) is 5.75 Å². The van der Waals surface area contributed by atoms with Gasteiger partial charge in [0.2, 0.25) is 0 Å². The summed E-state index contributed by atoms with van der Waals surface area (Å²) in [5, 5.41) is 10.4. The quantitative estimate of drug-likeness (QED) is 0.844. The number of fused-ring (bicyclic) bond motifs is 1. The third kappa shape index (κ3) is 2.21. The van der Waals surface area contributed by atoms with Gasteiger partial charge in [0.25, 0.3) is 0 Å². The van der Waals surface area contributed by atoms with Gasteiger partial charge in [0, 0.05) is 12.0 Å². The summed E-state index contributed by atoms with van der Waals surface area (Å²) >= 11 is 2.99. The highest BCUT2D eigenvalue weighted by molar-refractivity contribution is 9.10. The van der Waals surface area contributed by atoms with Gasteiger partial charge in [-0.2, -0.15) is 0 Å². The third-order valence-corrected chi connectivity index (χ3v) is 4.19. The molecule has 0 spiro atoms. The second-order valence-corrected chi connectivity index (χ2v) is 5.43. The van der Waals surface area contributed by atoms with Crippen molar-refractivity contribution in [3.05, 3.63) is 63.1 Å². The van der Waals surface area contributed by atoms with E-state index < -0.39 is 17.7 Å². The molecule has 1 heterocycles. The fourth-order valence-corrected chi connectivity index (χ4v) is 2.85. The lowest BCUT2D eigenvalue weighted by Gasteiger charge is -2.15. The topological polar surface area (TPSA) is 29.5 Å². The minimum absolute atomic E-state index is 0.0539. The van der Waals surface area contributed by atoms with E-state index in [-0.39, 0.29) is 4.47 Å². The van der Waals surface area contributed by atoms with Crippen LogP contribution in [0.15, 0.2) is 34.8 Å². The molecule has 1 aliphatic rings. The molecule has 0 saturated heterocycles. The molecule has 0 radical (unpaired) electrons. The summed E-state index contributed by atoms with van der Waals surface area (Å²) in [6.45, 7) is 0.629. The summed E-state index contributed by atoms with van der Waals surface area (Å²) in [5.74, 6) is -1.13. The highest BCUT2D eigenvalue weighted by Gasteiger charge is 2.21. The first-order valence-electron chi connectivity index (χ1n) is 6.15. The van der Waals surface area contributed by atoms with Crippen LogP contribution < -0.4 is 4.74 Å². The summed E-state index contributed by atoms with van der Waals surface area (Å²) in [5.41, 5.74) is 1.93. The monoisotopic (exact) mass is 340 g/mol. The lowest BCUT2D eigenvalue weighted by atomic mass is 9.99. The second-order valence-electron chi connectivity index (χ2n) is 4.63. The first kappa shape index (κ1) is 13.5. The summed E-state index contributed by atoms with van der Waals surface area (Å²) in [7, 11) is 0. The molecule has 0 amide bonds. The Morgan fingerprint density at radius 3 is 2.80 bits per heavy atom. The summed E-state index contributed by atoms with van der Waals surface area (Å²) in [6.07, 6.45) is -0.236. The van der Waals surface area contributed by atoms with E-state index in [9.17, 15) is 13.9 Å². The van der Waals surface area contributed by atoms with Crippen molar-refractivity contribution >= 4 is 15.9 Å². The lowest BCUT2D eigenvalue weighted by molar-refractivity contribution is 0.218. The van der Waals surface area contributed by atoms with Gasteiger partial charge in [0.1, 0.15) is 11.9 Å². The number of halogens is 3. The summed E-state index contributed by atoms with van der Waals surface area (Å²) in [4.78, 5) is 0. The molecule has 0 fully saturated rings. The van der Waals surface area contributed by atoms with Gasteiger partial charge >= 0.3 is 0 Å². The van der Waals surface area contributed by atoms with Crippen LogP contribution in [0.25, 0.3) is 0 Å². The standard InChI is InChI=1S/C15H11BrF2O2/c16-13-10(2-3-11(17)14(13)18)15(19)9-1-4-12-8(7-9)5-6-20-12/h1-4,7,15,19H,5-6H2. The Labute approximate surface area is 123 Å². The Kier molecular flexibility index (Phi) is 3.48. The Bertz CT molecular complexity index is 673. The number of rotatable bonds is 2. The number of hydrogen-bond acceptors (Lipinski definition) is 2. The molecule has 104 valence electrons. The molecule has 1 aliphatic heterocycles. The lowest BCUT2D eigenvalue weighted by Crippen LogP contribution is -2.03. The van der Waals surface area contributed by atoms with Crippen LogP contribution in [0.2, 0.25) is 0 Å². The minimum atomic E-state index is -1.02. The van der Waals surface area contributed by atoms with Crippen LogP contribution in [-0.2, 0) is 6.42 Å². The van der Waals surface area contributed by atoms with Crippen molar-refractivity contribution < 1.29 is 18.6 Å². The van der Waals surface area contributed by atoms with Gasteiger partial charge in [-0.25, -0.2) is 8.78 Å². The van der Waals surface area contributed by atoms with Gasteiger partial charge in [-0.3, -0.25) is 0 Å². The van der Waals surface area contributed by atoms with Gasteiger partial charge in [0.05, 0.1) is 11.1 Å². The largest absolute Gasteiger partial charge is 0.493 e. The van der Waals surface area contributed by atoms with Crippen LogP contribution in [0.3, 0.4) is 0 Å². The van der Waals surface area contributed by atoms with Crippen LogP contribution in [-0.4, -0.2) is 11.7 Å². The van der Waals surface area contributed by atoms with E-state index in [2.05, 4.69) is 15.9 Å².